The molecule has 0 atom stereocenters. The summed E-state index contributed by atoms with van der Waals surface area (Å²) < 4.78 is 3.15. The van der Waals surface area contributed by atoms with Crippen LogP contribution >= 0.6 is 11.3 Å². The van der Waals surface area contributed by atoms with Gasteiger partial charge in [-0.25, -0.2) is 4.98 Å². The largest absolute Gasteiger partial charge is 0.365 e. The predicted octanol–water partition coefficient (Wildman–Crippen LogP) is 4.34. The molecule has 0 aliphatic rings. The molecule has 3 rings (SSSR count). The van der Waals surface area contributed by atoms with Crippen LogP contribution in [0.2, 0.25) is 0 Å². The van der Waals surface area contributed by atoms with Gasteiger partial charge in [0, 0.05) is 24.7 Å². The average molecular weight is 290 g/mol. The first-order valence-electron chi connectivity index (χ1n) is 7.05. The monoisotopic (exact) mass is 290 g/mol. The average Bonchev–Trinajstić information content (AvgIpc) is 2.92. The maximum atomic E-state index is 4.57. The van der Waals surface area contributed by atoms with E-state index in [1.54, 1.807) is 11.3 Å². The number of thiophene rings is 1. The van der Waals surface area contributed by atoms with Crippen LogP contribution in [0.15, 0.2) is 12.3 Å². The number of rotatable bonds is 2. The first-order chi connectivity index (χ1) is 9.58. The highest BCUT2D eigenvalue weighted by Gasteiger charge is 2.17. The molecule has 0 bridgehead atoms. The van der Waals surface area contributed by atoms with Crippen molar-refractivity contribution < 1.29 is 0 Å². The Bertz CT molecular complexity index is 724. The van der Waals surface area contributed by atoms with Crippen LogP contribution in [0.5, 0.6) is 0 Å². The van der Waals surface area contributed by atoms with Gasteiger partial charge in [0.05, 0.1) is 10.2 Å². The molecule has 0 amide bonds. The first kappa shape index (κ1) is 14.8. The van der Waals surface area contributed by atoms with Gasteiger partial charge in [-0.15, -0.1) is 11.3 Å². The normalized spacial score (nSPS) is 10.9. The van der Waals surface area contributed by atoms with Crippen molar-refractivity contribution in [1.82, 2.24) is 14.8 Å². The second-order valence-electron chi connectivity index (χ2n) is 4.86. The van der Waals surface area contributed by atoms with Crippen molar-refractivity contribution in [3.8, 4) is 0 Å². The Kier molecular flexibility index (Phi) is 4.28. The maximum absolute atomic E-state index is 4.57. The number of nitrogens with one attached hydrogen (secondary N) is 1. The molecule has 0 saturated heterocycles. The van der Waals surface area contributed by atoms with E-state index >= 15 is 0 Å². The lowest BCUT2D eigenvalue weighted by molar-refractivity contribution is 0.788. The van der Waals surface area contributed by atoms with Crippen molar-refractivity contribution >= 4 is 37.6 Å². The standard InChI is InChI=1S/C13H16N4S.C2H6/c1-7(2)15-12-11-10(17(4)16-12)9-8(3)5-6-14-13(9)18-11;1-2/h5-7H,1-4H3,(H,15,16);1-2H3. The molecular formula is C15H22N4S. The molecule has 3 heterocycles. The molecule has 5 heteroatoms. The van der Waals surface area contributed by atoms with Crippen LogP contribution in [-0.4, -0.2) is 20.8 Å². The van der Waals surface area contributed by atoms with E-state index in [0.29, 0.717) is 6.04 Å². The van der Waals surface area contributed by atoms with Gasteiger partial charge < -0.3 is 5.32 Å². The highest BCUT2D eigenvalue weighted by molar-refractivity contribution is 7.26. The van der Waals surface area contributed by atoms with Gasteiger partial charge in [0.2, 0.25) is 0 Å². The number of hydrogen-bond acceptors (Lipinski definition) is 4. The minimum Gasteiger partial charge on any atom is -0.365 e. The summed E-state index contributed by atoms with van der Waals surface area (Å²) in [6.45, 7) is 10.4. The number of aromatic nitrogens is 3. The van der Waals surface area contributed by atoms with Crippen molar-refractivity contribution in [2.45, 2.75) is 40.7 Å². The molecule has 0 saturated carbocycles. The summed E-state index contributed by atoms with van der Waals surface area (Å²) in [4.78, 5) is 5.55. The van der Waals surface area contributed by atoms with Gasteiger partial charge in [0.15, 0.2) is 5.82 Å². The Balaban J connectivity index is 0.000000704. The van der Waals surface area contributed by atoms with Crippen LogP contribution < -0.4 is 5.32 Å². The molecule has 3 aromatic heterocycles. The lowest BCUT2D eigenvalue weighted by Gasteiger charge is -2.05. The number of fused-ring (bicyclic) bond motifs is 3. The van der Waals surface area contributed by atoms with Gasteiger partial charge >= 0.3 is 0 Å². The van der Waals surface area contributed by atoms with Crippen molar-refractivity contribution in [2.24, 2.45) is 7.05 Å². The predicted molar refractivity (Wildman–Crippen MR) is 88.7 cm³/mol. The molecule has 0 unspecified atom stereocenters. The molecule has 108 valence electrons. The zero-order valence-corrected chi connectivity index (χ0v) is 13.8. The summed E-state index contributed by atoms with van der Waals surface area (Å²) in [5, 5.41) is 9.20. The summed E-state index contributed by atoms with van der Waals surface area (Å²) in [5.74, 6) is 0.963. The summed E-state index contributed by atoms with van der Waals surface area (Å²) >= 11 is 1.71. The summed E-state index contributed by atoms with van der Waals surface area (Å²) in [6, 6.07) is 2.43. The van der Waals surface area contributed by atoms with E-state index in [-0.39, 0.29) is 0 Å². The lowest BCUT2D eigenvalue weighted by Crippen LogP contribution is -2.10. The smallest absolute Gasteiger partial charge is 0.166 e. The third kappa shape index (κ3) is 2.38. The molecule has 1 N–H and O–H groups in total. The second kappa shape index (κ2) is 5.79. The molecule has 20 heavy (non-hydrogen) atoms. The minimum absolute atomic E-state index is 0.377. The molecule has 0 aromatic carbocycles. The Hall–Kier alpha value is -1.62. The van der Waals surface area contributed by atoms with E-state index in [2.05, 4.69) is 42.2 Å². The number of aryl methyl sites for hydroxylation is 2. The molecular weight excluding hydrogens is 268 g/mol. The first-order valence-corrected chi connectivity index (χ1v) is 7.87. The molecule has 0 spiro atoms. The van der Waals surface area contributed by atoms with Crippen molar-refractivity contribution in [3.05, 3.63) is 17.8 Å². The Labute approximate surface area is 123 Å². The Morgan fingerprint density at radius 1 is 1.30 bits per heavy atom. The third-order valence-electron chi connectivity index (χ3n) is 2.99. The van der Waals surface area contributed by atoms with E-state index in [1.165, 1.54) is 21.2 Å². The van der Waals surface area contributed by atoms with Crippen LogP contribution in [0.4, 0.5) is 5.82 Å². The fourth-order valence-corrected chi connectivity index (χ4v) is 3.43. The van der Waals surface area contributed by atoms with Crippen LogP contribution in [-0.2, 0) is 7.05 Å². The van der Waals surface area contributed by atoms with Crippen LogP contribution in [0.25, 0.3) is 20.4 Å². The molecule has 3 aromatic rings. The molecule has 0 radical (unpaired) electrons. The van der Waals surface area contributed by atoms with Crippen molar-refractivity contribution in [3.63, 3.8) is 0 Å². The molecule has 0 fully saturated rings. The Morgan fingerprint density at radius 3 is 2.65 bits per heavy atom. The SMILES string of the molecule is CC.Cc1ccnc2sc3c(NC(C)C)nn(C)c3c12. The lowest BCUT2D eigenvalue weighted by atomic mass is 10.2. The fourth-order valence-electron chi connectivity index (χ4n) is 2.24. The zero-order valence-electron chi connectivity index (χ0n) is 13.0. The number of anilines is 1. The van der Waals surface area contributed by atoms with Crippen molar-refractivity contribution in [1.29, 1.82) is 0 Å². The van der Waals surface area contributed by atoms with Crippen LogP contribution in [0.3, 0.4) is 0 Å². The minimum atomic E-state index is 0.377. The van der Waals surface area contributed by atoms with Gasteiger partial charge in [0.1, 0.15) is 4.83 Å². The number of pyridine rings is 1. The second-order valence-corrected chi connectivity index (χ2v) is 5.86. The number of hydrogen-bond donors (Lipinski definition) is 1. The zero-order chi connectivity index (χ0) is 14.9. The fraction of sp³-hybridized carbons (Fsp3) is 0.467. The highest BCUT2D eigenvalue weighted by Crippen LogP contribution is 2.38. The third-order valence-corrected chi connectivity index (χ3v) is 4.08. The Morgan fingerprint density at radius 2 is 2.00 bits per heavy atom. The molecule has 0 aliphatic heterocycles. The summed E-state index contributed by atoms with van der Waals surface area (Å²) in [7, 11) is 1.99. The summed E-state index contributed by atoms with van der Waals surface area (Å²) in [5.41, 5.74) is 2.44. The van der Waals surface area contributed by atoms with Gasteiger partial charge in [-0.2, -0.15) is 5.10 Å². The van der Waals surface area contributed by atoms with E-state index in [1.807, 2.05) is 31.8 Å². The van der Waals surface area contributed by atoms with E-state index < -0.39 is 0 Å². The van der Waals surface area contributed by atoms with E-state index in [4.69, 9.17) is 0 Å². The van der Waals surface area contributed by atoms with Gasteiger partial charge in [-0.05, 0) is 32.4 Å². The quantitative estimate of drug-likeness (QED) is 0.763. The van der Waals surface area contributed by atoms with Crippen molar-refractivity contribution in [2.75, 3.05) is 5.32 Å². The topological polar surface area (TPSA) is 42.7 Å². The van der Waals surface area contributed by atoms with Crippen LogP contribution in [0, 0.1) is 6.92 Å². The van der Waals surface area contributed by atoms with Gasteiger partial charge in [0.25, 0.3) is 0 Å². The molecule has 0 aliphatic carbocycles. The van der Waals surface area contributed by atoms with Gasteiger partial charge in [-0.3, -0.25) is 4.68 Å². The highest BCUT2D eigenvalue weighted by atomic mass is 32.1. The van der Waals surface area contributed by atoms with Crippen LogP contribution in [0.1, 0.15) is 33.3 Å². The maximum Gasteiger partial charge on any atom is 0.166 e. The number of nitrogens with zero attached hydrogens (tertiary/aromatic N) is 3. The van der Waals surface area contributed by atoms with E-state index in [0.717, 1.165) is 10.6 Å². The van der Waals surface area contributed by atoms with E-state index in [9.17, 15) is 0 Å². The van der Waals surface area contributed by atoms with Gasteiger partial charge in [-0.1, -0.05) is 13.8 Å². The molecule has 4 nitrogen and oxygen atoms in total. The summed E-state index contributed by atoms with van der Waals surface area (Å²) in [6.07, 6.45) is 1.87.